The summed E-state index contributed by atoms with van der Waals surface area (Å²) in [6, 6.07) is 8.13. The van der Waals surface area contributed by atoms with E-state index in [1.165, 1.54) is 18.4 Å². The smallest absolute Gasteiger partial charge is 0.222 e. The lowest BCUT2D eigenvalue weighted by atomic mass is 9.96. The predicted molar refractivity (Wildman–Crippen MR) is 103 cm³/mol. The highest BCUT2D eigenvalue weighted by Crippen LogP contribution is 2.19. The van der Waals surface area contributed by atoms with Crippen molar-refractivity contribution in [1.82, 2.24) is 9.80 Å². The van der Waals surface area contributed by atoms with Crippen molar-refractivity contribution < 1.29 is 9.53 Å². The molecular formula is C21H32N2O2. The number of hydrogen-bond acceptors (Lipinski definition) is 3. The molecule has 1 aliphatic heterocycles. The summed E-state index contributed by atoms with van der Waals surface area (Å²) < 4.78 is 5.21. The molecule has 1 saturated heterocycles. The summed E-state index contributed by atoms with van der Waals surface area (Å²) in [5.41, 5.74) is 1.24. The van der Waals surface area contributed by atoms with Crippen LogP contribution in [0.25, 0.3) is 0 Å². The number of nitrogens with zero attached hydrogens (tertiary/aromatic N) is 2. The number of carbonyl (C=O) groups is 1. The Morgan fingerprint density at radius 3 is 2.60 bits per heavy atom. The Labute approximate surface area is 152 Å². The van der Waals surface area contributed by atoms with E-state index >= 15 is 0 Å². The van der Waals surface area contributed by atoms with Gasteiger partial charge >= 0.3 is 0 Å². The van der Waals surface area contributed by atoms with Crippen LogP contribution in [0.3, 0.4) is 0 Å². The zero-order valence-electron chi connectivity index (χ0n) is 15.7. The molecular weight excluding hydrogens is 312 g/mol. The topological polar surface area (TPSA) is 32.8 Å². The van der Waals surface area contributed by atoms with Gasteiger partial charge in [0.25, 0.3) is 0 Å². The summed E-state index contributed by atoms with van der Waals surface area (Å²) >= 11 is 0. The zero-order valence-corrected chi connectivity index (χ0v) is 15.7. The first-order valence-electron chi connectivity index (χ1n) is 9.32. The maximum Gasteiger partial charge on any atom is 0.222 e. The minimum Gasteiger partial charge on any atom is -0.497 e. The number of rotatable bonds is 9. The number of amides is 1. The Morgan fingerprint density at radius 1 is 1.32 bits per heavy atom. The highest BCUT2D eigenvalue weighted by atomic mass is 16.5. The average molecular weight is 344 g/mol. The van der Waals surface area contributed by atoms with Crippen molar-refractivity contribution in [2.45, 2.75) is 32.1 Å². The third kappa shape index (κ3) is 6.54. The molecule has 2 rings (SSSR count). The fourth-order valence-corrected chi connectivity index (χ4v) is 3.31. The maximum atomic E-state index is 12.6. The van der Waals surface area contributed by atoms with E-state index in [1.54, 1.807) is 7.11 Å². The van der Waals surface area contributed by atoms with Gasteiger partial charge in [-0.2, -0.15) is 0 Å². The maximum absolute atomic E-state index is 12.6. The normalized spacial score (nSPS) is 15.8. The van der Waals surface area contributed by atoms with Crippen molar-refractivity contribution in [3.63, 3.8) is 0 Å². The lowest BCUT2D eigenvalue weighted by Gasteiger charge is -2.33. The van der Waals surface area contributed by atoms with Gasteiger partial charge in [-0.15, -0.1) is 6.58 Å². The van der Waals surface area contributed by atoms with Crippen molar-refractivity contribution in [2.75, 3.05) is 40.3 Å². The van der Waals surface area contributed by atoms with Crippen LogP contribution in [-0.4, -0.2) is 56.0 Å². The molecule has 0 unspecified atom stereocenters. The monoisotopic (exact) mass is 344 g/mol. The van der Waals surface area contributed by atoms with Crippen LogP contribution in [-0.2, 0) is 11.2 Å². The molecule has 0 atom stereocenters. The Bertz CT molecular complexity index is 533. The van der Waals surface area contributed by atoms with Gasteiger partial charge in [-0.1, -0.05) is 18.2 Å². The second-order valence-corrected chi connectivity index (χ2v) is 7.01. The molecule has 4 nitrogen and oxygen atoms in total. The number of hydrogen-bond donors (Lipinski definition) is 0. The van der Waals surface area contributed by atoms with Crippen molar-refractivity contribution in [3.8, 4) is 5.75 Å². The fraction of sp³-hybridized carbons (Fsp3) is 0.571. The summed E-state index contributed by atoms with van der Waals surface area (Å²) in [6.45, 7) is 7.69. The third-order valence-corrected chi connectivity index (χ3v) is 5.06. The summed E-state index contributed by atoms with van der Waals surface area (Å²) in [4.78, 5) is 17.1. The van der Waals surface area contributed by atoms with Crippen LogP contribution >= 0.6 is 0 Å². The van der Waals surface area contributed by atoms with E-state index in [2.05, 4.69) is 35.6 Å². The zero-order chi connectivity index (χ0) is 18.1. The quantitative estimate of drug-likeness (QED) is 0.644. The highest BCUT2D eigenvalue weighted by Gasteiger charge is 2.22. The average Bonchev–Trinajstić information content (AvgIpc) is 2.65. The van der Waals surface area contributed by atoms with Crippen LogP contribution in [0.5, 0.6) is 5.75 Å². The van der Waals surface area contributed by atoms with E-state index in [0.717, 1.165) is 44.8 Å². The standard InChI is InChI=1S/C21H32N2O2/c1-4-5-6-21(24)23(17-19-11-14-22(2)15-12-19)16-13-18-7-9-20(25-3)10-8-18/h4,7-10,19H,1,5-6,11-17H2,2-3H3. The van der Waals surface area contributed by atoms with E-state index in [0.29, 0.717) is 12.3 Å². The Kier molecular flexibility index (Phi) is 7.99. The molecule has 0 aromatic heterocycles. The van der Waals surface area contributed by atoms with Gasteiger partial charge in [0.15, 0.2) is 0 Å². The van der Waals surface area contributed by atoms with Gasteiger partial charge in [0.2, 0.25) is 5.91 Å². The van der Waals surface area contributed by atoms with E-state index in [4.69, 9.17) is 4.74 Å². The van der Waals surface area contributed by atoms with Crippen molar-refractivity contribution in [3.05, 3.63) is 42.5 Å². The van der Waals surface area contributed by atoms with Crippen LogP contribution in [0.15, 0.2) is 36.9 Å². The molecule has 0 saturated carbocycles. The Hall–Kier alpha value is -1.81. The van der Waals surface area contributed by atoms with Crippen LogP contribution in [0, 0.1) is 5.92 Å². The molecule has 0 bridgehead atoms. The molecule has 1 heterocycles. The van der Waals surface area contributed by atoms with Crippen molar-refractivity contribution in [2.24, 2.45) is 5.92 Å². The molecule has 4 heteroatoms. The molecule has 1 aliphatic rings. The number of allylic oxidation sites excluding steroid dienone is 1. The van der Waals surface area contributed by atoms with Gasteiger partial charge in [-0.3, -0.25) is 4.79 Å². The minimum absolute atomic E-state index is 0.257. The minimum atomic E-state index is 0.257. The number of methoxy groups -OCH3 is 1. The van der Waals surface area contributed by atoms with E-state index in [1.807, 2.05) is 18.2 Å². The molecule has 0 radical (unpaired) electrons. The van der Waals surface area contributed by atoms with E-state index < -0.39 is 0 Å². The van der Waals surface area contributed by atoms with Gasteiger partial charge in [0, 0.05) is 19.5 Å². The third-order valence-electron chi connectivity index (χ3n) is 5.06. The van der Waals surface area contributed by atoms with Crippen LogP contribution < -0.4 is 4.74 Å². The number of carbonyl (C=O) groups excluding carboxylic acids is 1. The molecule has 1 aromatic rings. The molecule has 1 amide bonds. The van der Waals surface area contributed by atoms with Gasteiger partial charge < -0.3 is 14.5 Å². The van der Waals surface area contributed by atoms with Crippen molar-refractivity contribution in [1.29, 1.82) is 0 Å². The number of benzene rings is 1. The molecule has 138 valence electrons. The first-order valence-corrected chi connectivity index (χ1v) is 9.32. The SMILES string of the molecule is C=CCCC(=O)N(CCc1ccc(OC)cc1)CC1CCN(C)CC1. The number of ether oxygens (including phenoxy) is 1. The van der Waals surface area contributed by atoms with Crippen LogP contribution in [0.1, 0.15) is 31.2 Å². The molecule has 1 fully saturated rings. The van der Waals surface area contributed by atoms with Gasteiger partial charge in [-0.25, -0.2) is 0 Å². The summed E-state index contributed by atoms with van der Waals surface area (Å²) in [7, 11) is 3.85. The van der Waals surface area contributed by atoms with Crippen molar-refractivity contribution >= 4 is 5.91 Å². The number of piperidine rings is 1. The van der Waals surface area contributed by atoms with Crippen LogP contribution in [0.4, 0.5) is 0 Å². The molecule has 0 N–H and O–H groups in total. The first-order chi connectivity index (χ1) is 12.1. The van der Waals surface area contributed by atoms with Gasteiger partial charge in [-0.05, 0) is 69.4 Å². The van der Waals surface area contributed by atoms with E-state index in [9.17, 15) is 4.79 Å². The largest absolute Gasteiger partial charge is 0.497 e. The molecule has 25 heavy (non-hydrogen) atoms. The second kappa shape index (κ2) is 10.2. The lowest BCUT2D eigenvalue weighted by molar-refractivity contribution is -0.132. The summed E-state index contributed by atoms with van der Waals surface area (Å²) in [5, 5.41) is 0. The number of likely N-dealkylation sites (tertiary alicyclic amines) is 1. The lowest BCUT2D eigenvalue weighted by Crippen LogP contribution is -2.40. The Balaban J connectivity index is 1.92. The summed E-state index contributed by atoms with van der Waals surface area (Å²) in [6.07, 6.45) is 6.41. The van der Waals surface area contributed by atoms with E-state index in [-0.39, 0.29) is 5.91 Å². The predicted octanol–water partition coefficient (Wildman–Crippen LogP) is 3.37. The molecule has 1 aromatic carbocycles. The highest BCUT2D eigenvalue weighted by molar-refractivity contribution is 5.76. The Morgan fingerprint density at radius 2 is 2.00 bits per heavy atom. The molecule has 0 aliphatic carbocycles. The first kappa shape index (κ1) is 19.5. The van der Waals surface area contributed by atoms with Crippen LogP contribution in [0.2, 0.25) is 0 Å². The fourth-order valence-electron chi connectivity index (χ4n) is 3.31. The van der Waals surface area contributed by atoms with Gasteiger partial charge in [0.05, 0.1) is 7.11 Å². The molecule has 0 spiro atoms. The summed E-state index contributed by atoms with van der Waals surface area (Å²) in [5.74, 6) is 1.75. The second-order valence-electron chi connectivity index (χ2n) is 7.01. The van der Waals surface area contributed by atoms with Gasteiger partial charge in [0.1, 0.15) is 5.75 Å².